The van der Waals surface area contributed by atoms with Crippen LogP contribution in [0.25, 0.3) is 0 Å². The number of phenolic OH excluding ortho intramolecular Hbond substituents is 1. The summed E-state index contributed by atoms with van der Waals surface area (Å²) in [6.45, 7) is 0. The fourth-order valence-corrected chi connectivity index (χ4v) is 1.57. The van der Waals surface area contributed by atoms with Crippen molar-refractivity contribution in [3.63, 3.8) is 0 Å². The molecule has 94 valence electrons. The largest absolute Gasteiger partial charge is 0.508 e. The fraction of sp³-hybridized carbons (Fsp3) is 0. The molecule has 19 heavy (non-hydrogen) atoms. The normalized spacial score (nSPS) is 9.68. The molecule has 0 aliphatic heterocycles. The van der Waals surface area contributed by atoms with Crippen molar-refractivity contribution < 1.29 is 14.3 Å². The minimum atomic E-state index is -0.827. The van der Waals surface area contributed by atoms with Gasteiger partial charge in [-0.25, -0.2) is 4.39 Å². The molecule has 1 amide bonds. The smallest absolute Gasteiger partial charge is 0.258 e. The number of amides is 1. The highest BCUT2D eigenvalue weighted by molar-refractivity contribution is 6.05. The topological polar surface area (TPSA) is 73.1 Å². The number of halogens is 1. The number of anilines is 1. The molecule has 0 bridgehead atoms. The van der Waals surface area contributed by atoms with Gasteiger partial charge in [0.25, 0.3) is 5.91 Å². The van der Waals surface area contributed by atoms with Crippen LogP contribution in [0.3, 0.4) is 0 Å². The van der Waals surface area contributed by atoms with E-state index >= 15 is 0 Å². The van der Waals surface area contributed by atoms with Crippen LogP contribution in [0.5, 0.6) is 5.75 Å². The molecule has 0 fully saturated rings. The van der Waals surface area contributed by atoms with Crippen LogP contribution in [0.1, 0.15) is 15.9 Å². The summed E-state index contributed by atoms with van der Waals surface area (Å²) in [6, 6.07) is 11.6. The third-order valence-electron chi connectivity index (χ3n) is 2.49. The number of para-hydroxylation sites is 1. The Balaban J connectivity index is 2.29. The average molecular weight is 256 g/mol. The predicted molar refractivity (Wildman–Crippen MR) is 67.2 cm³/mol. The van der Waals surface area contributed by atoms with Crippen LogP contribution in [0.2, 0.25) is 0 Å². The highest BCUT2D eigenvalue weighted by atomic mass is 19.1. The average Bonchev–Trinajstić information content (AvgIpc) is 2.39. The van der Waals surface area contributed by atoms with E-state index in [2.05, 4.69) is 5.32 Å². The molecule has 0 heterocycles. The van der Waals surface area contributed by atoms with Gasteiger partial charge in [0, 0.05) is 6.07 Å². The molecule has 0 saturated heterocycles. The molecule has 0 aliphatic carbocycles. The van der Waals surface area contributed by atoms with E-state index in [0.29, 0.717) is 5.69 Å². The summed E-state index contributed by atoms with van der Waals surface area (Å²) in [5.74, 6) is -1.77. The zero-order valence-electron chi connectivity index (χ0n) is 9.72. The number of benzene rings is 2. The summed E-state index contributed by atoms with van der Waals surface area (Å²) in [7, 11) is 0. The molecule has 0 aliphatic rings. The van der Waals surface area contributed by atoms with Gasteiger partial charge in [0.2, 0.25) is 0 Å². The number of aromatic hydroxyl groups is 1. The third-order valence-corrected chi connectivity index (χ3v) is 2.49. The third kappa shape index (κ3) is 2.69. The second-order valence-electron chi connectivity index (χ2n) is 3.78. The van der Waals surface area contributed by atoms with Crippen molar-refractivity contribution in [2.24, 2.45) is 0 Å². The van der Waals surface area contributed by atoms with Gasteiger partial charge >= 0.3 is 0 Å². The number of hydrogen-bond acceptors (Lipinski definition) is 3. The molecule has 4 nitrogen and oxygen atoms in total. The van der Waals surface area contributed by atoms with E-state index in [-0.39, 0.29) is 16.9 Å². The van der Waals surface area contributed by atoms with Gasteiger partial charge in [0.05, 0.1) is 16.8 Å². The van der Waals surface area contributed by atoms with Crippen molar-refractivity contribution >= 4 is 11.6 Å². The Bertz CT molecular complexity index is 677. The molecule has 0 aromatic heterocycles. The SMILES string of the molecule is N#Cc1ccccc1NC(=O)c1ccc(O)cc1F. The molecular weight excluding hydrogens is 247 g/mol. The Morgan fingerprint density at radius 2 is 2.00 bits per heavy atom. The lowest BCUT2D eigenvalue weighted by molar-refractivity contribution is 0.102. The van der Waals surface area contributed by atoms with Crippen LogP contribution in [0, 0.1) is 17.1 Å². The first-order chi connectivity index (χ1) is 9.11. The van der Waals surface area contributed by atoms with Crippen LogP contribution in [-0.2, 0) is 0 Å². The molecule has 5 heteroatoms. The first kappa shape index (κ1) is 12.6. The van der Waals surface area contributed by atoms with Crippen molar-refractivity contribution in [2.45, 2.75) is 0 Å². The Labute approximate surface area is 108 Å². The predicted octanol–water partition coefficient (Wildman–Crippen LogP) is 2.66. The van der Waals surface area contributed by atoms with E-state index in [4.69, 9.17) is 10.4 Å². The van der Waals surface area contributed by atoms with Crippen LogP contribution in [-0.4, -0.2) is 11.0 Å². The maximum Gasteiger partial charge on any atom is 0.258 e. The molecule has 2 aromatic rings. The summed E-state index contributed by atoms with van der Waals surface area (Å²) >= 11 is 0. The summed E-state index contributed by atoms with van der Waals surface area (Å²) < 4.78 is 13.5. The maximum atomic E-state index is 13.5. The van der Waals surface area contributed by atoms with Gasteiger partial charge in [-0.1, -0.05) is 12.1 Å². The first-order valence-corrected chi connectivity index (χ1v) is 5.41. The summed E-state index contributed by atoms with van der Waals surface area (Å²) in [6.07, 6.45) is 0. The lowest BCUT2D eigenvalue weighted by atomic mass is 10.1. The number of rotatable bonds is 2. The molecule has 2 N–H and O–H groups in total. The van der Waals surface area contributed by atoms with Gasteiger partial charge in [-0.3, -0.25) is 4.79 Å². The lowest BCUT2D eigenvalue weighted by Crippen LogP contribution is -2.14. The summed E-state index contributed by atoms with van der Waals surface area (Å²) in [5, 5.41) is 20.4. The zero-order chi connectivity index (χ0) is 13.8. The quantitative estimate of drug-likeness (QED) is 0.867. The van der Waals surface area contributed by atoms with Gasteiger partial charge in [-0.2, -0.15) is 5.26 Å². The molecule has 2 rings (SSSR count). The van der Waals surface area contributed by atoms with Gasteiger partial charge < -0.3 is 10.4 Å². The van der Waals surface area contributed by atoms with Crippen LogP contribution in [0.15, 0.2) is 42.5 Å². The van der Waals surface area contributed by atoms with Gasteiger partial charge in [-0.15, -0.1) is 0 Å². The summed E-state index contributed by atoms with van der Waals surface area (Å²) in [5.41, 5.74) is 0.392. The van der Waals surface area contributed by atoms with Crippen molar-refractivity contribution in [3.05, 3.63) is 59.4 Å². The number of carbonyl (C=O) groups excluding carboxylic acids is 1. The molecular formula is C14H9FN2O2. The van der Waals surface area contributed by atoms with Gasteiger partial charge in [0.1, 0.15) is 17.6 Å². The van der Waals surface area contributed by atoms with Crippen LogP contribution < -0.4 is 5.32 Å². The zero-order valence-corrected chi connectivity index (χ0v) is 9.72. The van der Waals surface area contributed by atoms with Crippen molar-refractivity contribution in [1.82, 2.24) is 0 Å². The number of hydrogen-bond donors (Lipinski definition) is 2. The first-order valence-electron chi connectivity index (χ1n) is 5.41. The highest BCUT2D eigenvalue weighted by Crippen LogP contribution is 2.18. The maximum absolute atomic E-state index is 13.5. The Morgan fingerprint density at radius 1 is 1.26 bits per heavy atom. The fourth-order valence-electron chi connectivity index (χ4n) is 1.57. The summed E-state index contributed by atoms with van der Waals surface area (Å²) in [4.78, 5) is 11.9. The van der Waals surface area contributed by atoms with Crippen LogP contribution >= 0.6 is 0 Å². The van der Waals surface area contributed by atoms with Crippen molar-refractivity contribution in [3.8, 4) is 11.8 Å². The van der Waals surface area contributed by atoms with Gasteiger partial charge in [-0.05, 0) is 24.3 Å². The number of nitriles is 1. The minimum absolute atomic E-state index is 0.203. The molecule has 0 saturated carbocycles. The van der Waals surface area contributed by atoms with E-state index in [1.165, 1.54) is 12.1 Å². The standard InChI is InChI=1S/C14H9FN2O2/c15-12-7-10(18)5-6-11(12)14(19)17-13-4-2-1-3-9(13)8-16/h1-7,18H,(H,17,19). The highest BCUT2D eigenvalue weighted by Gasteiger charge is 2.13. The number of carbonyl (C=O) groups is 1. The van der Waals surface area contributed by atoms with Crippen LogP contribution in [0.4, 0.5) is 10.1 Å². The Morgan fingerprint density at radius 3 is 2.68 bits per heavy atom. The van der Waals surface area contributed by atoms with E-state index in [9.17, 15) is 9.18 Å². The monoisotopic (exact) mass is 256 g/mol. The van der Waals surface area contributed by atoms with E-state index in [1.54, 1.807) is 24.3 Å². The second-order valence-corrected chi connectivity index (χ2v) is 3.78. The van der Waals surface area contributed by atoms with Crippen molar-refractivity contribution in [2.75, 3.05) is 5.32 Å². The number of phenols is 1. The molecule has 0 unspecified atom stereocenters. The molecule has 0 spiro atoms. The Kier molecular flexibility index (Phi) is 3.44. The molecule has 0 radical (unpaired) electrons. The van der Waals surface area contributed by atoms with E-state index in [1.807, 2.05) is 6.07 Å². The second kappa shape index (κ2) is 5.19. The molecule has 0 atom stereocenters. The number of nitrogens with one attached hydrogen (secondary N) is 1. The van der Waals surface area contributed by atoms with E-state index < -0.39 is 11.7 Å². The van der Waals surface area contributed by atoms with Gasteiger partial charge in [0.15, 0.2) is 0 Å². The molecule has 2 aromatic carbocycles. The van der Waals surface area contributed by atoms with Crippen molar-refractivity contribution in [1.29, 1.82) is 5.26 Å². The lowest BCUT2D eigenvalue weighted by Gasteiger charge is -2.07. The van der Waals surface area contributed by atoms with E-state index in [0.717, 1.165) is 6.07 Å². The number of nitrogens with zero attached hydrogens (tertiary/aromatic N) is 1. The Hall–Kier alpha value is -2.87. The minimum Gasteiger partial charge on any atom is -0.508 e.